The van der Waals surface area contributed by atoms with E-state index in [-0.39, 0.29) is 11.8 Å². The molecule has 2 aromatic heterocycles. The number of rotatable bonds is 4. The fourth-order valence-electron chi connectivity index (χ4n) is 3.00. The molecule has 1 aliphatic carbocycles. The van der Waals surface area contributed by atoms with Gasteiger partial charge in [-0.05, 0) is 49.9 Å². The normalized spacial score (nSPS) is 13.7. The maximum atomic E-state index is 12.4. The molecule has 0 aromatic carbocycles. The van der Waals surface area contributed by atoms with E-state index < -0.39 is 0 Å². The minimum Gasteiger partial charge on any atom is -0.461 e. The monoisotopic (exact) mass is 312 g/mol. The Morgan fingerprint density at radius 2 is 2.17 bits per heavy atom. The molecule has 0 amide bonds. The summed E-state index contributed by atoms with van der Waals surface area (Å²) in [6.45, 7) is 4.46. The van der Waals surface area contributed by atoms with Gasteiger partial charge in [-0.25, -0.2) is 4.79 Å². The summed E-state index contributed by atoms with van der Waals surface area (Å²) in [6, 6.07) is 5.71. The number of Topliss-reactive ketones (excluding diaryl/α,β-unsaturated/α-hetero) is 1. The molecule has 0 radical (unpaired) electrons. The van der Waals surface area contributed by atoms with Crippen LogP contribution in [-0.2, 0) is 17.7 Å². The number of nitrogens with zero attached hydrogens (tertiary/aromatic N) is 2. The lowest BCUT2D eigenvalue weighted by molar-refractivity contribution is 0.0514. The molecule has 2 heterocycles. The van der Waals surface area contributed by atoms with Gasteiger partial charge in [-0.1, -0.05) is 6.07 Å². The zero-order valence-electron chi connectivity index (χ0n) is 13.5. The molecule has 1 aliphatic rings. The number of pyridine rings is 1. The fourth-order valence-corrected chi connectivity index (χ4v) is 3.00. The first-order valence-electron chi connectivity index (χ1n) is 7.94. The third-order valence-corrected chi connectivity index (χ3v) is 4.09. The standard InChI is InChI=1S/C18H20N2O3/c1-3-23-18(22)15-9-14-5-4-6-16(21)17(14)20(15)11-13-8-7-12(2)19-10-13/h7-10H,3-6,11H2,1-2H3. The molecule has 0 saturated heterocycles. The lowest BCUT2D eigenvalue weighted by Crippen LogP contribution is -2.19. The van der Waals surface area contributed by atoms with Crippen LogP contribution in [-0.4, -0.2) is 27.9 Å². The van der Waals surface area contributed by atoms with Crippen molar-refractivity contribution >= 4 is 11.8 Å². The molecule has 23 heavy (non-hydrogen) atoms. The molecule has 5 nitrogen and oxygen atoms in total. The van der Waals surface area contributed by atoms with Crippen LogP contribution in [0.5, 0.6) is 0 Å². The van der Waals surface area contributed by atoms with E-state index in [4.69, 9.17) is 4.74 Å². The lowest BCUT2D eigenvalue weighted by Gasteiger charge is -2.16. The van der Waals surface area contributed by atoms with Crippen molar-refractivity contribution in [2.45, 2.75) is 39.7 Å². The van der Waals surface area contributed by atoms with Crippen molar-refractivity contribution in [2.24, 2.45) is 0 Å². The number of hydrogen-bond acceptors (Lipinski definition) is 4. The van der Waals surface area contributed by atoms with Gasteiger partial charge < -0.3 is 9.30 Å². The molecule has 120 valence electrons. The second kappa shape index (κ2) is 6.36. The van der Waals surface area contributed by atoms with E-state index in [1.165, 1.54) is 0 Å². The molecule has 0 bridgehead atoms. The van der Waals surface area contributed by atoms with Gasteiger partial charge in [0, 0.05) is 18.3 Å². The highest BCUT2D eigenvalue weighted by atomic mass is 16.5. The quantitative estimate of drug-likeness (QED) is 0.814. The molecule has 2 aromatic rings. The van der Waals surface area contributed by atoms with Gasteiger partial charge in [-0.2, -0.15) is 0 Å². The minimum atomic E-state index is -0.380. The lowest BCUT2D eigenvalue weighted by atomic mass is 9.97. The maximum absolute atomic E-state index is 12.4. The number of aryl methyl sites for hydroxylation is 2. The van der Waals surface area contributed by atoms with E-state index in [1.54, 1.807) is 17.7 Å². The van der Waals surface area contributed by atoms with Crippen LogP contribution in [0, 0.1) is 6.92 Å². The number of hydrogen-bond donors (Lipinski definition) is 0. The van der Waals surface area contributed by atoms with Gasteiger partial charge in [-0.3, -0.25) is 9.78 Å². The first kappa shape index (κ1) is 15.5. The summed E-state index contributed by atoms with van der Waals surface area (Å²) >= 11 is 0. The van der Waals surface area contributed by atoms with Crippen molar-refractivity contribution in [1.82, 2.24) is 9.55 Å². The average molecular weight is 312 g/mol. The molecule has 0 atom stereocenters. The van der Waals surface area contributed by atoms with Crippen molar-refractivity contribution < 1.29 is 14.3 Å². The second-order valence-electron chi connectivity index (χ2n) is 5.79. The summed E-state index contributed by atoms with van der Waals surface area (Å²) < 4.78 is 6.94. The highest BCUT2D eigenvalue weighted by Gasteiger charge is 2.27. The number of ether oxygens (including phenoxy) is 1. The van der Waals surface area contributed by atoms with Gasteiger partial charge in [0.1, 0.15) is 5.69 Å². The third kappa shape index (κ3) is 3.04. The van der Waals surface area contributed by atoms with Gasteiger partial charge >= 0.3 is 5.97 Å². The summed E-state index contributed by atoms with van der Waals surface area (Å²) in [5, 5.41) is 0. The first-order chi connectivity index (χ1) is 11.1. The smallest absolute Gasteiger partial charge is 0.354 e. The molecule has 0 spiro atoms. The fraction of sp³-hybridized carbons (Fsp3) is 0.389. The Kier molecular flexibility index (Phi) is 4.28. The first-order valence-corrected chi connectivity index (χ1v) is 7.94. The number of carbonyl (C=O) groups is 2. The Bertz CT molecular complexity index is 744. The largest absolute Gasteiger partial charge is 0.461 e. The zero-order valence-corrected chi connectivity index (χ0v) is 13.5. The molecule has 0 saturated carbocycles. The molecule has 0 fully saturated rings. The average Bonchev–Trinajstić information content (AvgIpc) is 2.90. The number of ketones is 1. The van der Waals surface area contributed by atoms with Gasteiger partial charge in [0.2, 0.25) is 0 Å². The van der Waals surface area contributed by atoms with Crippen LogP contribution < -0.4 is 0 Å². The summed E-state index contributed by atoms with van der Waals surface area (Å²) in [4.78, 5) is 28.9. The maximum Gasteiger partial charge on any atom is 0.354 e. The second-order valence-corrected chi connectivity index (χ2v) is 5.79. The zero-order chi connectivity index (χ0) is 16.4. The van der Waals surface area contributed by atoms with E-state index in [2.05, 4.69) is 4.98 Å². The van der Waals surface area contributed by atoms with Gasteiger partial charge in [0.15, 0.2) is 5.78 Å². The molecular weight excluding hydrogens is 292 g/mol. The predicted molar refractivity (Wildman–Crippen MR) is 85.7 cm³/mol. The SMILES string of the molecule is CCOC(=O)c1cc2c(n1Cc1ccc(C)nc1)C(=O)CCC2. The summed E-state index contributed by atoms with van der Waals surface area (Å²) in [6.07, 6.45) is 3.98. The number of aromatic nitrogens is 2. The van der Waals surface area contributed by atoms with Crippen LogP contribution >= 0.6 is 0 Å². The molecule has 3 rings (SSSR count). The number of esters is 1. The summed E-state index contributed by atoms with van der Waals surface area (Å²) in [5.74, 6) is -0.281. The topological polar surface area (TPSA) is 61.2 Å². The van der Waals surface area contributed by atoms with E-state index in [1.807, 2.05) is 25.1 Å². The minimum absolute atomic E-state index is 0.0990. The Morgan fingerprint density at radius 1 is 1.35 bits per heavy atom. The Labute approximate surface area is 135 Å². The van der Waals surface area contributed by atoms with E-state index in [0.717, 1.165) is 29.7 Å². The molecule has 5 heteroatoms. The summed E-state index contributed by atoms with van der Waals surface area (Å²) in [5.41, 5.74) is 3.94. The van der Waals surface area contributed by atoms with Crippen molar-refractivity contribution in [3.8, 4) is 0 Å². The molecule has 0 N–H and O–H groups in total. The van der Waals surface area contributed by atoms with Crippen LogP contribution in [0.3, 0.4) is 0 Å². The number of carbonyl (C=O) groups excluding carboxylic acids is 2. The Hall–Kier alpha value is -2.43. The van der Waals surface area contributed by atoms with Crippen molar-refractivity contribution in [3.05, 3.63) is 52.6 Å². The highest BCUT2D eigenvalue weighted by Crippen LogP contribution is 2.26. The van der Waals surface area contributed by atoms with Crippen LogP contribution in [0.2, 0.25) is 0 Å². The van der Waals surface area contributed by atoms with Crippen molar-refractivity contribution in [2.75, 3.05) is 6.61 Å². The van der Waals surface area contributed by atoms with Crippen molar-refractivity contribution in [1.29, 1.82) is 0 Å². The van der Waals surface area contributed by atoms with Crippen LogP contribution in [0.15, 0.2) is 24.4 Å². The van der Waals surface area contributed by atoms with Gasteiger partial charge in [-0.15, -0.1) is 0 Å². The van der Waals surface area contributed by atoms with E-state index in [9.17, 15) is 9.59 Å². The van der Waals surface area contributed by atoms with E-state index >= 15 is 0 Å². The molecule has 0 unspecified atom stereocenters. The Morgan fingerprint density at radius 3 is 2.87 bits per heavy atom. The molecule has 0 aliphatic heterocycles. The Balaban J connectivity index is 2.04. The predicted octanol–water partition coefficient (Wildman–Crippen LogP) is 2.94. The van der Waals surface area contributed by atoms with Crippen LogP contribution in [0.1, 0.15) is 57.6 Å². The molecular formula is C18H20N2O3. The highest BCUT2D eigenvalue weighted by molar-refractivity contribution is 6.00. The van der Waals surface area contributed by atoms with Crippen molar-refractivity contribution in [3.63, 3.8) is 0 Å². The van der Waals surface area contributed by atoms with Gasteiger partial charge in [0.05, 0.1) is 18.8 Å². The number of fused-ring (bicyclic) bond motifs is 1. The van der Waals surface area contributed by atoms with Gasteiger partial charge in [0.25, 0.3) is 0 Å². The van der Waals surface area contributed by atoms with Crippen LogP contribution in [0.25, 0.3) is 0 Å². The summed E-state index contributed by atoms with van der Waals surface area (Å²) in [7, 11) is 0. The third-order valence-electron chi connectivity index (χ3n) is 4.09. The van der Waals surface area contributed by atoms with E-state index in [0.29, 0.717) is 31.0 Å². The van der Waals surface area contributed by atoms with Crippen LogP contribution in [0.4, 0.5) is 0 Å².